The lowest BCUT2D eigenvalue weighted by atomic mass is 9.99. The number of benzene rings is 4. The van der Waals surface area contributed by atoms with Gasteiger partial charge in [0, 0.05) is 33.4 Å². The maximum Gasteiger partial charge on any atom is 0.227 e. The van der Waals surface area contributed by atoms with Crippen molar-refractivity contribution in [3.8, 4) is 45.3 Å². The van der Waals surface area contributed by atoms with Crippen LogP contribution in [0.4, 0.5) is 0 Å². The zero-order chi connectivity index (χ0) is 28.9. The van der Waals surface area contributed by atoms with Crippen molar-refractivity contribution in [2.24, 2.45) is 7.05 Å². The summed E-state index contributed by atoms with van der Waals surface area (Å²) in [7, 11) is 2.09. The summed E-state index contributed by atoms with van der Waals surface area (Å²) in [4.78, 5) is 14.9. The van der Waals surface area contributed by atoms with Gasteiger partial charge in [0.25, 0.3) is 0 Å². The average molecular weight is 556 g/mol. The van der Waals surface area contributed by atoms with Crippen LogP contribution in [0.3, 0.4) is 0 Å². The van der Waals surface area contributed by atoms with Gasteiger partial charge in [-0.3, -0.25) is 0 Å². The smallest absolute Gasteiger partial charge is 0.227 e. The van der Waals surface area contributed by atoms with Crippen LogP contribution < -0.4 is 4.57 Å². The number of pyridine rings is 2. The standard InChI is InChI=1S/C38H27N4O/c1-24-17-18-29-30-19-20-31(33-22-32(25-11-5-3-6-12-25)39-37(40-33)26-13-7-4-8-14-26)41-38(30)43-36(29)35(24)34-21-27-15-9-10-16-28(27)23-42(34)2/h3-23H,1-2H3/q+1. The molecule has 0 aliphatic carbocycles. The molecule has 0 amide bonds. The van der Waals surface area contributed by atoms with Crippen LogP contribution in [-0.4, -0.2) is 15.0 Å². The monoisotopic (exact) mass is 555 g/mol. The Morgan fingerprint density at radius 3 is 2.05 bits per heavy atom. The van der Waals surface area contributed by atoms with Gasteiger partial charge >= 0.3 is 0 Å². The fraction of sp³-hybridized carbons (Fsp3) is 0.0526. The van der Waals surface area contributed by atoms with E-state index < -0.39 is 0 Å². The summed E-state index contributed by atoms with van der Waals surface area (Å²) >= 11 is 0. The molecule has 4 heterocycles. The molecule has 0 atom stereocenters. The molecule has 0 fully saturated rings. The topological polar surface area (TPSA) is 55.7 Å². The number of hydrogen-bond acceptors (Lipinski definition) is 4. The Kier molecular flexibility index (Phi) is 5.83. The third kappa shape index (κ3) is 4.34. The molecule has 4 aromatic carbocycles. The number of rotatable bonds is 4. The molecule has 204 valence electrons. The molecular weight excluding hydrogens is 528 g/mol. The van der Waals surface area contributed by atoms with Crippen molar-refractivity contribution >= 4 is 32.8 Å². The van der Waals surface area contributed by atoms with E-state index in [0.29, 0.717) is 11.5 Å². The SMILES string of the molecule is Cc1ccc2c(oc3nc(-c4cc(-c5ccccc5)nc(-c5ccccc5)n4)ccc32)c1-c1cc2ccccc2c[n+]1C. The quantitative estimate of drug-likeness (QED) is 0.204. The van der Waals surface area contributed by atoms with Gasteiger partial charge in [0.15, 0.2) is 17.6 Å². The summed E-state index contributed by atoms with van der Waals surface area (Å²) in [5, 5.41) is 4.41. The summed E-state index contributed by atoms with van der Waals surface area (Å²) in [6.45, 7) is 2.13. The van der Waals surface area contributed by atoms with Gasteiger partial charge in [0.1, 0.15) is 7.05 Å². The van der Waals surface area contributed by atoms with E-state index in [1.54, 1.807) is 0 Å². The van der Waals surface area contributed by atoms with Gasteiger partial charge < -0.3 is 4.42 Å². The number of nitrogens with zero attached hydrogens (tertiary/aromatic N) is 4. The Hall–Kier alpha value is -5.68. The summed E-state index contributed by atoms with van der Waals surface area (Å²) in [6.07, 6.45) is 2.17. The van der Waals surface area contributed by atoms with Gasteiger partial charge in [-0.25, -0.2) is 19.5 Å². The summed E-state index contributed by atoms with van der Waals surface area (Å²) in [6, 6.07) is 41.3. The second-order valence-electron chi connectivity index (χ2n) is 10.9. The van der Waals surface area contributed by atoms with Gasteiger partial charge in [0.05, 0.1) is 22.6 Å². The predicted molar refractivity (Wildman–Crippen MR) is 172 cm³/mol. The fourth-order valence-corrected chi connectivity index (χ4v) is 5.87. The maximum atomic E-state index is 6.61. The van der Waals surface area contributed by atoms with Crippen LogP contribution in [0.2, 0.25) is 0 Å². The Morgan fingerprint density at radius 1 is 0.581 bits per heavy atom. The molecule has 43 heavy (non-hydrogen) atoms. The molecule has 5 nitrogen and oxygen atoms in total. The Bertz CT molecular complexity index is 2250. The van der Waals surface area contributed by atoms with Gasteiger partial charge in [-0.1, -0.05) is 91.0 Å². The maximum absolute atomic E-state index is 6.61. The van der Waals surface area contributed by atoms with Crippen molar-refractivity contribution < 1.29 is 8.98 Å². The highest BCUT2D eigenvalue weighted by atomic mass is 16.3. The van der Waals surface area contributed by atoms with E-state index in [4.69, 9.17) is 19.4 Å². The van der Waals surface area contributed by atoms with E-state index in [2.05, 4.69) is 85.4 Å². The van der Waals surface area contributed by atoms with E-state index in [0.717, 1.165) is 61.4 Å². The van der Waals surface area contributed by atoms with E-state index in [1.807, 2.05) is 60.7 Å². The van der Waals surface area contributed by atoms with E-state index in [1.165, 1.54) is 10.8 Å². The van der Waals surface area contributed by atoms with Crippen molar-refractivity contribution in [3.05, 3.63) is 133 Å². The van der Waals surface area contributed by atoms with Crippen molar-refractivity contribution in [3.63, 3.8) is 0 Å². The van der Waals surface area contributed by atoms with Crippen LogP contribution in [0.15, 0.2) is 132 Å². The van der Waals surface area contributed by atoms with Gasteiger partial charge in [-0.2, -0.15) is 0 Å². The molecule has 8 aromatic rings. The molecule has 0 aliphatic rings. The summed E-state index contributed by atoms with van der Waals surface area (Å²) in [5.41, 5.74) is 9.04. The Labute approximate surface area is 248 Å². The molecule has 0 aliphatic heterocycles. The highest BCUT2D eigenvalue weighted by Gasteiger charge is 2.22. The molecule has 0 saturated heterocycles. The number of aryl methyl sites for hydroxylation is 2. The zero-order valence-corrected chi connectivity index (χ0v) is 23.8. The lowest BCUT2D eigenvalue weighted by Gasteiger charge is -2.08. The van der Waals surface area contributed by atoms with Crippen LogP contribution in [-0.2, 0) is 7.05 Å². The van der Waals surface area contributed by atoms with Crippen molar-refractivity contribution in [1.29, 1.82) is 0 Å². The minimum Gasteiger partial charge on any atom is -0.437 e. The molecule has 4 aromatic heterocycles. The van der Waals surface area contributed by atoms with Crippen LogP contribution in [0.25, 0.3) is 78.1 Å². The largest absolute Gasteiger partial charge is 0.437 e. The first-order chi connectivity index (χ1) is 21.1. The highest BCUT2D eigenvalue weighted by molar-refractivity contribution is 6.09. The first-order valence-corrected chi connectivity index (χ1v) is 14.3. The molecule has 0 bridgehead atoms. The molecule has 0 N–H and O–H groups in total. The lowest BCUT2D eigenvalue weighted by molar-refractivity contribution is -0.659. The van der Waals surface area contributed by atoms with Gasteiger partial charge in [0.2, 0.25) is 11.4 Å². The molecule has 5 heteroatoms. The Morgan fingerprint density at radius 2 is 1.26 bits per heavy atom. The summed E-state index contributed by atoms with van der Waals surface area (Å²) < 4.78 is 8.78. The lowest BCUT2D eigenvalue weighted by Crippen LogP contribution is -2.30. The van der Waals surface area contributed by atoms with Crippen molar-refractivity contribution in [2.45, 2.75) is 6.92 Å². The second-order valence-corrected chi connectivity index (χ2v) is 10.9. The minimum atomic E-state index is 0.587. The van der Waals surface area contributed by atoms with E-state index in [9.17, 15) is 0 Å². The van der Waals surface area contributed by atoms with Crippen molar-refractivity contribution in [2.75, 3.05) is 0 Å². The number of fused-ring (bicyclic) bond motifs is 4. The van der Waals surface area contributed by atoms with Crippen LogP contribution >= 0.6 is 0 Å². The molecule has 0 unspecified atom stereocenters. The third-order valence-corrected chi connectivity index (χ3v) is 8.06. The molecule has 0 spiro atoms. The third-order valence-electron chi connectivity index (χ3n) is 8.06. The predicted octanol–water partition coefficient (Wildman–Crippen LogP) is 8.73. The van der Waals surface area contributed by atoms with Gasteiger partial charge in [-0.05, 0) is 42.1 Å². The first-order valence-electron chi connectivity index (χ1n) is 14.3. The summed E-state index contributed by atoms with van der Waals surface area (Å²) in [5.74, 6) is 0.658. The molecule has 0 saturated carbocycles. The molecule has 8 rings (SSSR count). The fourth-order valence-electron chi connectivity index (χ4n) is 5.87. The normalized spacial score (nSPS) is 11.5. The number of aromatic nitrogens is 4. The number of furan rings is 1. The Balaban J connectivity index is 1.32. The van der Waals surface area contributed by atoms with Gasteiger partial charge in [-0.15, -0.1) is 0 Å². The van der Waals surface area contributed by atoms with Crippen LogP contribution in [0.1, 0.15) is 5.56 Å². The van der Waals surface area contributed by atoms with E-state index >= 15 is 0 Å². The molecule has 0 radical (unpaired) electrons. The average Bonchev–Trinajstić information content (AvgIpc) is 3.43. The first kappa shape index (κ1) is 25.1. The van der Waals surface area contributed by atoms with Crippen molar-refractivity contribution in [1.82, 2.24) is 15.0 Å². The van der Waals surface area contributed by atoms with Crippen LogP contribution in [0.5, 0.6) is 0 Å². The minimum absolute atomic E-state index is 0.587. The molecular formula is C38H27N4O+. The van der Waals surface area contributed by atoms with Crippen LogP contribution in [0, 0.1) is 6.92 Å². The second kappa shape index (κ2) is 10.00. The van der Waals surface area contributed by atoms with E-state index in [-0.39, 0.29) is 0 Å². The number of hydrogen-bond donors (Lipinski definition) is 0. The highest BCUT2D eigenvalue weighted by Crippen LogP contribution is 2.38. The zero-order valence-electron chi connectivity index (χ0n) is 23.8.